The molecule has 0 amide bonds. The van der Waals surface area contributed by atoms with Crippen molar-refractivity contribution in [3.05, 3.63) is 47.7 Å². The molecule has 0 radical (unpaired) electrons. The molecule has 1 aromatic carbocycles. The van der Waals surface area contributed by atoms with Gasteiger partial charge in [-0.3, -0.25) is 0 Å². The van der Waals surface area contributed by atoms with E-state index in [1.165, 1.54) is 0 Å². The number of hydrogen-bond donors (Lipinski definition) is 0. The summed E-state index contributed by atoms with van der Waals surface area (Å²) in [5, 5.41) is 13.2. The van der Waals surface area contributed by atoms with Crippen molar-refractivity contribution >= 4 is 5.71 Å². The fourth-order valence-corrected chi connectivity index (χ4v) is 2.43. The van der Waals surface area contributed by atoms with E-state index < -0.39 is 0 Å². The van der Waals surface area contributed by atoms with E-state index in [0.717, 1.165) is 22.5 Å². The van der Waals surface area contributed by atoms with Crippen LogP contribution >= 0.6 is 0 Å². The third-order valence-electron chi connectivity index (χ3n) is 3.58. The van der Waals surface area contributed by atoms with Crippen molar-refractivity contribution in [3.63, 3.8) is 0 Å². The molecule has 0 saturated carbocycles. The standard InChI is InChI=1S/C18H21N3O/c1-18(2,3)17(20-22-5)14-8-6-13(7-9-14)16-11-10-15(12-19)21(16)4/h6-11H,1-5H3/b20-17+. The lowest BCUT2D eigenvalue weighted by molar-refractivity contribution is 0.209. The first-order valence-corrected chi connectivity index (χ1v) is 7.16. The first kappa shape index (κ1) is 15.8. The lowest BCUT2D eigenvalue weighted by Gasteiger charge is -2.21. The summed E-state index contributed by atoms with van der Waals surface area (Å²) in [4.78, 5) is 4.98. The number of oxime groups is 1. The third-order valence-corrected chi connectivity index (χ3v) is 3.58. The minimum atomic E-state index is -0.101. The summed E-state index contributed by atoms with van der Waals surface area (Å²) in [6.45, 7) is 6.32. The summed E-state index contributed by atoms with van der Waals surface area (Å²) in [5.41, 5.74) is 4.58. The van der Waals surface area contributed by atoms with Crippen LogP contribution in [0.2, 0.25) is 0 Å². The van der Waals surface area contributed by atoms with Crippen molar-refractivity contribution in [2.45, 2.75) is 20.8 Å². The molecule has 2 aromatic rings. The van der Waals surface area contributed by atoms with Crippen LogP contribution in [-0.2, 0) is 11.9 Å². The van der Waals surface area contributed by atoms with E-state index in [4.69, 9.17) is 10.1 Å². The molecule has 2 rings (SSSR count). The zero-order valence-electron chi connectivity index (χ0n) is 13.7. The highest BCUT2D eigenvalue weighted by Crippen LogP contribution is 2.26. The fraction of sp³-hybridized carbons (Fsp3) is 0.333. The molecule has 0 saturated heterocycles. The van der Waals surface area contributed by atoms with Crippen LogP contribution < -0.4 is 0 Å². The summed E-state index contributed by atoms with van der Waals surface area (Å²) in [6, 6.07) is 14.1. The van der Waals surface area contributed by atoms with E-state index in [-0.39, 0.29) is 5.41 Å². The molecule has 1 heterocycles. The fourth-order valence-electron chi connectivity index (χ4n) is 2.43. The van der Waals surface area contributed by atoms with Gasteiger partial charge in [0.25, 0.3) is 0 Å². The van der Waals surface area contributed by atoms with Gasteiger partial charge in [-0.05, 0) is 23.3 Å². The normalized spacial score (nSPS) is 12.1. The summed E-state index contributed by atoms with van der Waals surface area (Å²) >= 11 is 0. The van der Waals surface area contributed by atoms with E-state index in [9.17, 15) is 0 Å². The topological polar surface area (TPSA) is 50.3 Å². The monoisotopic (exact) mass is 295 g/mol. The van der Waals surface area contributed by atoms with Gasteiger partial charge in [-0.1, -0.05) is 50.2 Å². The highest BCUT2D eigenvalue weighted by Gasteiger charge is 2.21. The second-order valence-electron chi connectivity index (χ2n) is 6.22. The Labute approximate surface area is 131 Å². The van der Waals surface area contributed by atoms with Crippen molar-refractivity contribution in [1.29, 1.82) is 5.26 Å². The van der Waals surface area contributed by atoms with E-state index in [1.807, 2.05) is 48.0 Å². The molecule has 114 valence electrons. The van der Waals surface area contributed by atoms with Crippen LogP contribution in [0.1, 0.15) is 32.0 Å². The second kappa shape index (κ2) is 6.07. The molecule has 4 heteroatoms. The van der Waals surface area contributed by atoms with Crippen LogP contribution in [0.15, 0.2) is 41.6 Å². The van der Waals surface area contributed by atoms with Gasteiger partial charge < -0.3 is 9.40 Å². The average Bonchev–Trinajstić information content (AvgIpc) is 2.85. The lowest BCUT2D eigenvalue weighted by atomic mass is 9.85. The zero-order valence-corrected chi connectivity index (χ0v) is 13.7. The average molecular weight is 295 g/mol. The molecule has 4 nitrogen and oxygen atoms in total. The molecule has 0 N–H and O–H groups in total. The Morgan fingerprint density at radius 3 is 2.23 bits per heavy atom. The van der Waals surface area contributed by atoms with Crippen LogP contribution in [-0.4, -0.2) is 17.4 Å². The Bertz CT molecular complexity index is 725. The third kappa shape index (κ3) is 3.04. The minimum absolute atomic E-state index is 0.101. The Balaban J connectivity index is 2.40. The Morgan fingerprint density at radius 2 is 1.77 bits per heavy atom. The molecule has 1 aromatic heterocycles. The minimum Gasteiger partial charge on any atom is -0.399 e. The SMILES string of the molecule is CO/N=C(\c1ccc(-c2ccc(C#N)n2C)cc1)C(C)(C)C. The van der Waals surface area contributed by atoms with Crippen LogP contribution in [0.25, 0.3) is 11.3 Å². The predicted octanol–water partition coefficient (Wildman–Crippen LogP) is 3.96. The van der Waals surface area contributed by atoms with E-state index in [1.54, 1.807) is 7.11 Å². The molecular weight excluding hydrogens is 274 g/mol. The molecule has 0 bridgehead atoms. The number of benzene rings is 1. The van der Waals surface area contributed by atoms with Crippen molar-refractivity contribution < 1.29 is 4.84 Å². The number of nitriles is 1. The zero-order chi connectivity index (χ0) is 16.3. The van der Waals surface area contributed by atoms with Crippen molar-refractivity contribution in [1.82, 2.24) is 4.57 Å². The van der Waals surface area contributed by atoms with Crippen molar-refractivity contribution in [3.8, 4) is 17.3 Å². The van der Waals surface area contributed by atoms with Gasteiger partial charge >= 0.3 is 0 Å². The molecule has 0 aliphatic carbocycles. The molecule has 0 spiro atoms. The quantitative estimate of drug-likeness (QED) is 0.635. The van der Waals surface area contributed by atoms with Gasteiger partial charge in [-0.25, -0.2) is 0 Å². The first-order chi connectivity index (χ1) is 10.4. The molecule has 22 heavy (non-hydrogen) atoms. The second-order valence-corrected chi connectivity index (χ2v) is 6.22. The highest BCUT2D eigenvalue weighted by atomic mass is 16.6. The van der Waals surface area contributed by atoms with Gasteiger partial charge in [0.05, 0.1) is 5.71 Å². The summed E-state index contributed by atoms with van der Waals surface area (Å²) in [5.74, 6) is 0. The number of rotatable bonds is 3. The van der Waals surface area contributed by atoms with Gasteiger partial charge in [0.1, 0.15) is 18.9 Å². The van der Waals surface area contributed by atoms with Crippen molar-refractivity contribution in [2.75, 3.05) is 7.11 Å². The largest absolute Gasteiger partial charge is 0.399 e. The van der Waals surface area contributed by atoms with Crippen LogP contribution in [0, 0.1) is 16.7 Å². The molecular formula is C18H21N3O. The molecule has 0 aliphatic rings. The maximum absolute atomic E-state index is 9.04. The summed E-state index contributed by atoms with van der Waals surface area (Å²) in [6.07, 6.45) is 0. The molecule has 0 fully saturated rings. The van der Waals surface area contributed by atoms with Crippen LogP contribution in [0.4, 0.5) is 0 Å². The lowest BCUT2D eigenvalue weighted by Crippen LogP contribution is -2.21. The van der Waals surface area contributed by atoms with Gasteiger partial charge in [-0.15, -0.1) is 0 Å². The summed E-state index contributed by atoms with van der Waals surface area (Å²) < 4.78 is 1.89. The van der Waals surface area contributed by atoms with Gasteiger partial charge in [0.15, 0.2) is 0 Å². The molecule has 0 unspecified atom stereocenters. The number of nitrogens with zero attached hydrogens (tertiary/aromatic N) is 3. The highest BCUT2D eigenvalue weighted by molar-refractivity contribution is 6.04. The van der Waals surface area contributed by atoms with Gasteiger partial charge in [0, 0.05) is 18.2 Å². The van der Waals surface area contributed by atoms with Crippen LogP contribution in [0.5, 0.6) is 0 Å². The Hall–Kier alpha value is -2.54. The number of hydrogen-bond acceptors (Lipinski definition) is 3. The maximum Gasteiger partial charge on any atom is 0.120 e. The van der Waals surface area contributed by atoms with E-state index in [0.29, 0.717) is 5.69 Å². The smallest absolute Gasteiger partial charge is 0.120 e. The molecule has 0 aliphatic heterocycles. The first-order valence-electron chi connectivity index (χ1n) is 7.16. The van der Waals surface area contributed by atoms with E-state index in [2.05, 4.69) is 32.0 Å². The van der Waals surface area contributed by atoms with Gasteiger partial charge in [0.2, 0.25) is 0 Å². The van der Waals surface area contributed by atoms with Crippen LogP contribution in [0.3, 0.4) is 0 Å². The Morgan fingerprint density at radius 1 is 1.14 bits per heavy atom. The summed E-state index contributed by atoms with van der Waals surface area (Å²) in [7, 11) is 3.46. The predicted molar refractivity (Wildman–Crippen MR) is 88.6 cm³/mol. The Kier molecular flexibility index (Phi) is 4.37. The van der Waals surface area contributed by atoms with Crippen molar-refractivity contribution in [2.24, 2.45) is 17.6 Å². The number of aromatic nitrogens is 1. The van der Waals surface area contributed by atoms with E-state index >= 15 is 0 Å². The molecule has 0 atom stereocenters. The van der Waals surface area contributed by atoms with Gasteiger partial charge in [-0.2, -0.15) is 5.26 Å². The maximum atomic E-state index is 9.04.